The molecule has 4 rings (SSSR count). The highest BCUT2D eigenvalue weighted by molar-refractivity contribution is 7.60. The van der Waals surface area contributed by atoms with Gasteiger partial charge in [-0.3, -0.25) is 23.9 Å². The number of aromatic carboxylic acids is 1. The van der Waals surface area contributed by atoms with Gasteiger partial charge in [0, 0.05) is 6.20 Å². The largest absolute Gasteiger partial charge is 0.547 e. The van der Waals surface area contributed by atoms with Crippen LogP contribution in [0.3, 0.4) is 0 Å². The summed E-state index contributed by atoms with van der Waals surface area (Å²) in [5.74, 6) is -4.75. The molecule has 1 unspecified atom stereocenters. The minimum Gasteiger partial charge on any atom is -0.534 e. The predicted molar refractivity (Wildman–Crippen MR) is 139 cm³/mol. The number of rotatable bonds is 8. The lowest BCUT2D eigenvalue weighted by molar-refractivity contribution is -0.123. The van der Waals surface area contributed by atoms with Crippen LogP contribution < -0.4 is 26.3 Å². The van der Waals surface area contributed by atoms with Crippen molar-refractivity contribution in [3.8, 4) is 5.75 Å². The molecule has 0 saturated carbocycles. The summed E-state index contributed by atoms with van der Waals surface area (Å²) in [4.78, 5) is 71.8. The van der Waals surface area contributed by atoms with Crippen molar-refractivity contribution >= 4 is 43.7 Å². The summed E-state index contributed by atoms with van der Waals surface area (Å²) in [6.07, 6.45) is 1.08. The number of para-hydroxylation sites is 1. The quantitative estimate of drug-likeness (QED) is 0.132. The molecular formula is C24H22BN4O10P. The van der Waals surface area contributed by atoms with E-state index in [-0.39, 0.29) is 39.9 Å². The molecule has 40 heavy (non-hydrogen) atoms. The second-order valence-corrected chi connectivity index (χ2v) is 10.4. The van der Waals surface area contributed by atoms with Gasteiger partial charge in [-0.2, -0.15) is 0 Å². The molecule has 14 nitrogen and oxygen atoms in total. The summed E-state index contributed by atoms with van der Waals surface area (Å²) in [5.41, 5.74) is 5.47. The fraction of sp³-hybridized carbons (Fsp3) is 0.125. The summed E-state index contributed by atoms with van der Waals surface area (Å²) >= 11 is 0. The fourth-order valence-corrected chi connectivity index (χ4v) is 4.56. The number of carboxylic acids is 1. The lowest BCUT2D eigenvalue weighted by Crippen LogP contribution is -2.55. The predicted octanol–water partition coefficient (Wildman–Crippen LogP) is -0.708. The number of carbonyl (C=O) groups is 4. The molecular weight excluding hydrogens is 546 g/mol. The molecule has 2 atom stereocenters. The SMILES string of the molecule is NC(=O)c1ccc(C(=O)NC(C(=O)N[C@H]2Cc3cccc(C(=O)O)c3OB2O)c2ccc(P(=O)(O)O)cc2)nc1. The van der Waals surface area contributed by atoms with Gasteiger partial charge in [0.2, 0.25) is 11.8 Å². The molecule has 0 spiro atoms. The van der Waals surface area contributed by atoms with Crippen molar-refractivity contribution in [2.24, 2.45) is 5.73 Å². The van der Waals surface area contributed by atoms with E-state index in [1.165, 1.54) is 36.4 Å². The Morgan fingerprint density at radius 3 is 2.35 bits per heavy atom. The van der Waals surface area contributed by atoms with Crippen LogP contribution in [0.4, 0.5) is 0 Å². The van der Waals surface area contributed by atoms with E-state index in [4.69, 9.17) is 10.4 Å². The van der Waals surface area contributed by atoms with Crippen LogP contribution in [0.1, 0.15) is 48.4 Å². The molecule has 8 N–H and O–H groups in total. The lowest BCUT2D eigenvalue weighted by Gasteiger charge is -2.30. The van der Waals surface area contributed by atoms with Crippen molar-refractivity contribution in [2.75, 3.05) is 0 Å². The molecule has 0 radical (unpaired) electrons. The number of hydrogen-bond donors (Lipinski definition) is 7. The van der Waals surface area contributed by atoms with Crippen LogP contribution in [0.5, 0.6) is 5.75 Å². The number of hydrogen-bond acceptors (Lipinski definition) is 8. The zero-order valence-electron chi connectivity index (χ0n) is 20.4. The normalized spacial score (nSPS) is 15.3. The molecule has 1 aliphatic heterocycles. The molecule has 2 aromatic carbocycles. The number of fused-ring (bicyclic) bond motifs is 1. The minimum atomic E-state index is -4.59. The summed E-state index contributed by atoms with van der Waals surface area (Å²) in [7, 11) is -6.22. The maximum atomic E-state index is 13.4. The lowest BCUT2D eigenvalue weighted by atomic mass is 9.72. The topological polar surface area (TPSA) is 238 Å². The van der Waals surface area contributed by atoms with Gasteiger partial charge in [-0.25, -0.2) is 4.79 Å². The van der Waals surface area contributed by atoms with Crippen molar-refractivity contribution in [1.29, 1.82) is 0 Å². The second kappa shape index (κ2) is 11.3. The Bertz CT molecular complexity index is 1530. The first-order chi connectivity index (χ1) is 18.8. The summed E-state index contributed by atoms with van der Waals surface area (Å²) in [6.45, 7) is 0. The van der Waals surface area contributed by atoms with E-state index in [0.29, 0.717) is 5.56 Å². The van der Waals surface area contributed by atoms with E-state index in [0.717, 1.165) is 18.3 Å². The average Bonchev–Trinajstić information content (AvgIpc) is 2.91. The third-order valence-corrected chi connectivity index (χ3v) is 7.03. The van der Waals surface area contributed by atoms with Gasteiger partial charge in [0.15, 0.2) is 0 Å². The summed E-state index contributed by atoms with van der Waals surface area (Å²) in [6, 6.07) is 10.1. The molecule has 206 valence electrons. The standard InChI is InChI=1S/C24H22BN4O10P/c26-21(30)14-6-9-17(27-11-14)22(31)29-19(12-4-7-15(8-5-12)40(36,37)38)23(32)28-18-10-13-2-1-3-16(24(33)34)20(13)39-25(18)35/h1-9,11,18-19,35H,10H2,(H2,26,30)(H,28,32)(H,29,31)(H,33,34)(H2,36,37,38)/t18-,19?/m0/s1. The van der Waals surface area contributed by atoms with E-state index in [1.54, 1.807) is 6.07 Å². The Labute approximate surface area is 226 Å². The molecule has 3 aromatic rings. The monoisotopic (exact) mass is 568 g/mol. The second-order valence-electron chi connectivity index (χ2n) is 8.76. The van der Waals surface area contributed by atoms with Gasteiger partial charge in [-0.1, -0.05) is 24.3 Å². The fourth-order valence-electron chi connectivity index (χ4n) is 4.02. The molecule has 0 fully saturated rings. The van der Waals surface area contributed by atoms with Crippen LogP contribution in [-0.4, -0.2) is 61.7 Å². The van der Waals surface area contributed by atoms with Gasteiger partial charge >= 0.3 is 20.7 Å². The first kappa shape index (κ1) is 28.5. The van der Waals surface area contributed by atoms with Crippen molar-refractivity contribution in [2.45, 2.75) is 18.4 Å². The molecule has 1 aromatic heterocycles. The number of amides is 3. The van der Waals surface area contributed by atoms with Crippen molar-refractivity contribution in [1.82, 2.24) is 15.6 Å². The van der Waals surface area contributed by atoms with Crippen molar-refractivity contribution < 1.29 is 48.3 Å². The van der Waals surface area contributed by atoms with E-state index >= 15 is 0 Å². The highest BCUT2D eigenvalue weighted by Crippen LogP contribution is 2.33. The Morgan fingerprint density at radius 1 is 1.07 bits per heavy atom. The third-order valence-electron chi connectivity index (χ3n) is 6.06. The van der Waals surface area contributed by atoms with Gasteiger partial charge < -0.3 is 40.9 Å². The van der Waals surface area contributed by atoms with E-state index in [9.17, 15) is 43.7 Å². The summed E-state index contributed by atoms with van der Waals surface area (Å²) < 4.78 is 17.0. The molecule has 16 heteroatoms. The van der Waals surface area contributed by atoms with E-state index < -0.39 is 50.4 Å². The maximum absolute atomic E-state index is 13.4. The maximum Gasteiger partial charge on any atom is 0.547 e. The zero-order valence-corrected chi connectivity index (χ0v) is 21.3. The Hall–Kier alpha value is -4.56. The highest BCUT2D eigenvalue weighted by Gasteiger charge is 2.39. The Kier molecular flexibility index (Phi) is 8.02. The van der Waals surface area contributed by atoms with E-state index in [1.807, 2.05) is 0 Å². The number of pyridine rings is 1. The number of carbonyl (C=O) groups excluding carboxylic acids is 3. The number of benzene rings is 2. The number of nitrogens with two attached hydrogens (primary N) is 1. The number of carboxylic acid groups (broad SMARTS) is 1. The number of nitrogens with one attached hydrogen (secondary N) is 2. The average molecular weight is 568 g/mol. The van der Waals surface area contributed by atoms with Crippen LogP contribution in [0.2, 0.25) is 0 Å². The Morgan fingerprint density at radius 2 is 1.77 bits per heavy atom. The van der Waals surface area contributed by atoms with Crippen LogP contribution in [-0.2, 0) is 15.8 Å². The number of nitrogens with zero attached hydrogens (tertiary/aromatic N) is 1. The smallest absolute Gasteiger partial charge is 0.534 e. The van der Waals surface area contributed by atoms with Gasteiger partial charge in [0.05, 0.1) is 22.4 Å². The van der Waals surface area contributed by atoms with Crippen LogP contribution >= 0.6 is 7.60 Å². The molecule has 3 amide bonds. The molecule has 0 saturated heterocycles. The first-order valence-electron chi connectivity index (χ1n) is 11.6. The molecule has 2 heterocycles. The van der Waals surface area contributed by atoms with Gasteiger partial charge in [-0.15, -0.1) is 0 Å². The summed E-state index contributed by atoms with van der Waals surface area (Å²) in [5, 5.41) is 24.6. The van der Waals surface area contributed by atoms with Crippen LogP contribution in [0.15, 0.2) is 60.8 Å². The van der Waals surface area contributed by atoms with E-state index in [2.05, 4.69) is 15.6 Å². The third kappa shape index (κ3) is 6.19. The van der Waals surface area contributed by atoms with Crippen LogP contribution in [0, 0.1) is 0 Å². The van der Waals surface area contributed by atoms with Gasteiger partial charge in [0.1, 0.15) is 17.5 Å². The van der Waals surface area contributed by atoms with Gasteiger partial charge in [0.25, 0.3) is 5.91 Å². The van der Waals surface area contributed by atoms with Crippen molar-refractivity contribution in [3.05, 3.63) is 88.7 Å². The number of aromatic nitrogens is 1. The molecule has 1 aliphatic rings. The van der Waals surface area contributed by atoms with Crippen LogP contribution in [0.25, 0.3) is 0 Å². The number of primary amides is 1. The zero-order chi connectivity index (χ0) is 29.2. The van der Waals surface area contributed by atoms with Gasteiger partial charge in [-0.05, 0) is 47.9 Å². The first-order valence-corrected chi connectivity index (χ1v) is 13.2. The molecule has 0 bridgehead atoms. The highest BCUT2D eigenvalue weighted by atomic mass is 31.2. The Balaban J connectivity index is 1.60. The molecule has 0 aliphatic carbocycles. The minimum absolute atomic E-state index is 0.00267. The van der Waals surface area contributed by atoms with Crippen molar-refractivity contribution in [3.63, 3.8) is 0 Å².